The van der Waals surface area contributed by atoms with Crippen LogP contribution in [0.5, 0.6) is 5.75 Å². The molecule has 1 N–H and O–H groups in total. The Labute approximate surface area is 120 Å². The second-order valence-electron chi connectivity index (χ2n) is 4.06. The van der Waals surface area contributed by atoms with Crippen molar-refractivity contribution >= 4 is 15.9 Å². The van der Waals surface area contributed by atoms with Crippen molar-refractivity contribution in [3.05, 3.63) is 28.6 Å². The van der Waals surface area contributed by atoms with E-state index in [1.54, 1.807) is 7.11 Å². The smallest absolute Gasteiger partial charge is 0.244 e. The maximum absolute atomic E-state index is 5.29. The van der Waals surface area contributed by atoms with Crippen LogP contribution in [0.4, 0.5) is 0 Å². The van der Waals surface area contributed by atoms with Gasteiger partial charge in [-0.1, -0.05) is 12.1 Å². The van der Waals surface area contributed by atoms with Crippen molar-refractivity contribution in [2.45, 2.75) is 19.4 Å². The molecule has 1 unspecified atom stereocenters. The van der Waals surface area contributed by atoms with E-state index in [1.165, 1.54) is 0 Å². The van der Waals surface area contributed by atoms with Crippen LogP contribution in [0.1, 0.15) is 25.3 Å². The minimum Gasteiger partial charge on any atom is -0.496 e. The maximum atomic E-state index is 5.29. The van der Waals surface area contributed by atoms with Gasteiger partial charge in [0.2, 0.25) is 11.7 Å². The van der Waals surface area contributed by atoms with Gasteiger partial charge in [-0.2, -0.15) is 4.98 Å². The van der Waals surface area contributed by atoms with Gasteiger partial charge in [0, 0.05) is 5.56 Å². The van der Waals surface area contributed by atoms with Crippen LogP contribution in [-0.2, 0) is 0 Å². The van der Waals surface area contributed by atoms with Gasteiger partial charge in [0.05, 0.1) is 17.6 Å². The van der Waals surface area contributed by atoms with Crippen LogP contribution in [-0.4, -0.2) is 24.3 Å². The molecule has 1 atom stereocenters. The third-order valence-electron chi connectivity index (χ3n) is 2.91. The highest BCUT2D eigenvalue weighted by atomic mass is 79.9. The van der Waals surface area contributed by atoms with Gasteiger partial charge < -0.3 is 14.6 Å². The molecule has 0 spiro atoms. The Morgan fingerprint density at radius 3 is 2.84 bits per heavy atom. The van der Waals surface area contributed by atoms with Crippen molar-refractivity contribution in [3.63, 3.8) is 0 Å². The van der Waals surface area contributed by atoms with Gasteiger partial charge in [0.15, 0.2) is 0 Å². The molecule has 0 radical (unpaired) electrons. The number of aromatic nitrogens is 2. The first-order chi connectivity index (χ1) is 9.19. The van der Waals surface area contributed by atoms with E-state index >= 15 is 0 Å². The molecule has 19 heavy (non-hydrogen) atoms. The predicted molar refractivity (Wildman–Crippen MR) is 76.1 cm³/mol. The molecule has 102 valence electrons. The summed E-state index contributed by atoms with van der Waals surface area (Å²) in [5, 5.41) is 7.15. The largest absolute Gasteiger partial charge is 0.496 e. The van der Waals surface area contributed by atoms with Crippen molar-refractivity contribution in [3.8, 4) is 17.1 Å². The molecule has 0 saturated carbocycles. The predicted octanol–water partition coefficient (Wildman–Crippen LogP) is 3.18. The van der Waals surface area contributed by atoms with Crippen molar-refractivity contribution < 1.29 is 9.26 Å². The van der Waals surface area contributed by atoms with E-state index in [0.29, 0.717) is 11.7 Å². The molecule has 0 aliphatic carbocycles. The van der Waals surface area contributed by atoms with Crippen LogP contribution < -0.4 is 10.1 Å². The molecule has 0 saturated heterocycles. The lowest BCUT2D eigenvalue weighted by Gasteiger charge is -2.06. The zero-order valence-corrected chi connectivity index (χ0v) is 12.7. The van der Waals surface area contributed by atoms with Crippen LogP contribution >= 0.6 is 15.9 Å². The summed E-state index contributed by atoms with van der Waals surface area (Å²) in [5.74, 6) is 1.95. The van der Waals surface area contributed by atoms with E-state index < -0.39 is 0 Å². The Kier molecular flexibility index (Phi) is 4.55. The zero-order chi connectivity index (χ0) is 13.8. The Hall–Kier alpha value is -1.40. The molecule has 1 heterocycles. The highest BCUT2D eigenvalue weighted by Gasteiger charge is 2.16. The molecule has 0 amide bonds. The quantitative estimate of drug-likeness (QED) is 0.914. The van der Waals surface area contributed by atoms with E-state index in [0.717, 1.165) is 22.2 Å². The fourth-order valence-corrected chi connectivity index (χ4v) is 2.34. The van der Waals surface area contributed by atoms with Gasteiger partial charge in [-0.25, -0.2) is 0 Å². The van der Waals surface area contributed by atoms with Crippen LogP contribution in [0.15, 0.2) is 27.2 Å². The molecular formula is C13H16BrN3O2. The van der Waals surface area contributed by atoms with E-state index in [1.807, 2.05) is 25.2 Å². The van der Waals surface area contributed by atoms with Crippen molar-refractivity contribution in [2.75, 3.05) is 14.2 Å². The summed E-state index contributed by atoms with van der Waals surface area (Å²) in [4.78, 5) is 4.42. The molecule has 0 aliphatic heterocycles. The SMILES string of the molecule is CCC(NC)c1nc(-c2ccc(OC)c(Br)c2)no1. The Bertz CT molecular complexity index is 553. The molecule has 2 aromatic rings. The van der Waals surface area contributed by atoms with Gasteiger partial charge >= 0.3 is 0 Å². The molecular weight excluding hydrogens is 310 g/mol. The number of nitrogens with one attached hydrogen (secondary N) is 1. The monoisotopic (exact) mass is 325 g/mol. The van der Waals surface area contributed by atoms with Crippen molar-refractivity contribution in [2.24, 2.45) is 0 Å². The first-order valence-corrected chi connectivity index (χ1v) is 6.83. The Balaban J connectivity index is 2.30. The molecule has 2 rings (SSSR count). The highest BCUT2D eigenvalue weighted by molar-refractivity contribution is 9.10. The molecule has 0 fully saturated rings. The topological polar surface area (TPSA) is 60.2 Å². The molecule has 0 bridgehead atoms. The van der Waals surface area contributed by atoms with Gasteiger partial charge in [-0.3, -0.25) is 0 Å². The molecule has 5 nitrogen and oxygen atoms in total. The second-order valence-corrected chi connectivity index (χ2v) is 4.91. The number of rotatable bonds is 5. The fourth-order valence-electron chi connectivity index (χ4n) is 1.80. The summed E-state index contributed by atoms with van der Waals surface area (Å²) in [7, 11) is 3.51. The average molecular weight is 326 g/mol. The summed E-state index contributed by atoms with van der Waals surface area (Å²) < 4.78 is 11.3. The van der Waals surface area contributed by atoms with E-state index in [2.05, 4.69) is 38.3 Å². The minimum absolute atomic E-state index is 0.0861. The first kappa shape index (κ1) is 14.0. The summed E-state index contributed by atoms with van der Waals surface area (Å²) in [6.45, 7) is 2.06. The molecule has 0 aliphatic rings. The van der Waals surface area contributed by atoms with Gasteiger partial charge in [-0.05, 0) is 47.6 Å². The summed E-state index contributed by atoms with van der Waals surface area (Å²) in [6.07, 6.45) is 0.893. The van der Waals surface area contributed by atoms with Crippen LogP contribution in [0, 0.1) is 0 Å². The summed E-state index contributed by atoms with van der Waals surface area (Å²) in [6, 6.07) is 5.76. The molecule has 6 heteroatoms. The molecule has 1 aromatic heterocycles. The zero-order valence-electron chi connectivity index (χ0n) is 11.1. The fraction of sp³-hybridized carbons (Fsp3) is 0.385. The van der Waals surface area contributed by atoms with Crippen LogP contribution in [0.2, 0.25) is 0 Å². The summed E-state index contributed by atoms with van der Waals surface area (Å²) >= 11 is 3.44. The highest BCUT2D eigenvalue weighted by Crippen LogP contribution is 2.29. The first-order valence-electron chi connectivity index (χ1n) is 6.04. The van der Waals surface area contributed by atoms with Crippen LogP contribution in [0.25, 0.3) is 11.4 Å². The third-order valence-corrected chi connectivity index (χ3v) is 3.53. The van der Waals surface area contributed by atoms with Gasteiger partial charge in [0.1, 0.15) is 5.75 Å². The van der Waals surface area contributed by atoms with E-state index in [9.17, 15) is 0 Å². The number of halogens is 1. The van der Waals surface area contributed by atoms with Crippen molar-refractivity contribution in [1.29, 1.82) is 0 Å². The standard InChI is InChI=1S/C13H16BrN3O2/c1-4-10(15-2)13-16-12(17-19-13)8-5-6-11(18-3)9(14)7-8/h5-7,10,15H,4H2,1-3H3. The normalized spacial score (nSPS) is 12.4. The minimum atomic E-state index is 0.0861. The number of hydrogen-bond donors (Lipinski definition) is 1. The summed E-state index contributed by atoms with van der Waals surface area (Å²) in [5.41, 5.74) is 0.883. The Morgan fingerprint density at radius 1 is 1.47 bits per heavy atom. The van der Waals surface area contributed by atoms with Gasteiger partial charge in [-0.15, -0.1) is 0 Å². The Morgan fingerprint density at radius 2 is 2.26 bits per heavy atom. The van der Waals surface area contributed by atoms with Crippen LogP contribution in [0.3, 0.4) is 0 Å². The number of hydrogen-bond acceptors (Lipinski definition) is 5. The number of ether oxygens (including phenoxy) is 1. The van der Waals surface area contributed by atoms with Crippen molar-refractivity contribution in [1.82, 2.24) is 15.5 Å². The lowest BCUT2D eigenvalue weighted by atomic mass is 10.2. The second kappa shape index (κ2) is 6.16. The lowest BCUT2D eigenvalue weighted by Crippen LogP contribution is -2.15. The number of methoxy groups -OCH3 is 1. The van der Waals surface area contributed by atoms with Gasteiger partial charge in [0.25, 0.3) is 0 Å². The number of benzene rings is 1. The third kappa shape index (κ3) is 2.96. The number of nitrogens with zero attached hydrogens (tertiary/aromatic N) is 2. The lowest BCUT2D eigenvalue weighted by molar-refractivity contribution is 0.334. The molecule has 1 aromatic carbocycles. The average Bonchev–Trinajstić information content (AvgIpc) is 2.90. The van der Waals surface area contributed by atoms with E-state index in [-0.39, 0.29) is 6.04 Å². The van der Waals surface area contributed by atoms with E-state index in [4.69, 9.17) is 9.26 Å². The maximum Gasteiger partial charge on any atom is 0.244 e.